The van der Waals surface area contributed by atoms with Crippen molar-refractivity contribution in [2.45, 2.75) is 20.0 Å². The van der Waals surface area contributed by atoms with Crippen LogP contribution in [0.4, 0.5) is 0 Å². The normalized spacial score (nSPS) is 17.7. The lowest BCUT2D eigenvalue weighted by atomic mass is 10.2. The van der Waals surface area contributed by atoms with Gasteiger partial charge in [-0.05, 0) is 19.1 Å². The van der Waals surface area contributed by atoms with Crippen LogP contribution >= 0.6 is 0 Å². The van der Waals surface area contributed by atoms with Gasteiger partial charge in [0, 0.05) is 39.3 Å². The van der Waals surface area contributed by atoms with Crippen LogP contribution in [0, 0.1) is 0 Å². The third-order valence-electron chi connectivity index (χ3n) is 4.26. The van der Waals surface area contributed by atoms with Gasteiger partial charge in [-0.1, -0.05) is 6.07 Å². The van der Waals surface area contributed by atoms with Crippen molar-refractivity contribution in [3.8, 4) is 0 Å². The topological polar surface area (TPSA) is 114 Å². The van der Waals surface area contributed by atoms with E-state index in [0.29, 0.717) is 39.3 Å². The van der Waals surface area contributed by atoms with E-state index in [1.54, 1.807) is 9.80 Å². The lowest BCUT2D eigenvalue weighted by Gasteiger charge is -2.29. The van der Waals surface area contributed by atoms with Crippen molar-refractivity contribution in [3.63, 3.8) is 0 Å². The number of ketones is 1. The van der Waals surface area contributed by atoms with Crippen molar-refractivity contribution in [3.05, 3.63) is 29.6 Å². The minimum absolute atomic E-state index is 0.0172. The van der Waals surface area contributed by atoms with E-state index >= 15 is 0 Å². The highest BCUT2D eigenvalue weighted by Gasteiger charge is 2.18. The van der Waals surface area contributed by atoms with Crippen LogP contribution in [0.15, 0.2) is 18.2 Å². The Morgan fingerprint density at radius 2 is 1.30 bits per heavy atom. The number of hydrogen-bond acceptors (Lipinski definition) is 7. The number of Topliss-reactive ketones (excluding diaryl/α,β-unsaturated/α-hetero) is 1. The molecule has 9 nitrogen and oxygen atoms in total. The number of hydrogen-bond donors (Lipinski definition) is 2. The maximum absolute atomic E-state index is 11.6. The quantitative estimate of drug-likeness (QED) is 0.692. The molecule has 0 unspecified atom stereocenters. The number of carboxylic acids is 2. The first-order chi connectivity index (χ1) is 12.8. The maximum atomic E-state index is 11.6. The summed E-state index contributed by atoms with van der Waals surface area (Å²) in [7, 11) is 0. The Kier molecular flexibility index (Phi) is 7.83. The molecule has 1 aromatic heterocycles. The number of aromatic nitrogens is 1. The van der Waals surface area contributed by atoms with E-state index in [1.807, 2.05) is 23.1 Å². The highest BCUT2D eigenvalue weighted by Crippen LogP contribution is 2.09. The summed E-state index contributed by atoms with van der Waals surface area (Å²) in [6.45, 7) is 4.31. The molecule has 1 aromatic rings. The monoisotopic (exact) mass is 378 g/mol. The van der Waals surface area contributed by atoms with Gasteiger partial charge in [-0.2, -0.15) is 0 Å². The molecule has 0 spiro atoms. The third kappa shape index (κ3) is 7.81. The Morgan fingerprint density at radius 3 is 1.70 bits per heavy atom. The summed E-state index contributed by atoms with van der Waals surface area (Å²) in [6.07, 6.45) is 0. The van der Waals surface area contributed by atoms with Crippen molar-refractivity contribution in [1.29, 1.82) is 0 Å². The molecule has 0 aromatic carbocycles. The van der Waals surface area contributed by atoms with Crippen molar-refractivity contribution in [1.82, 2.24) is 19.7 Å². The summed E-state index contributed by atoms with van der Waals surface area (Å²) in [6, 6.07) is 5.52. The fraction of sp³-hybridized carbons (Fsp3) is 0.556. The minimum Gasteiger partial charge on any atom is -0.480 e. The van der Waals surface area contributed by atoms with E-state index in [0.717, 1.165) is 11.4 Å². The average Bonchev–Trinajstić information content (AvgIpc) is 2.55. The zero-order valence-electron chi connectivity index (χ0n) is 15.5. The fourth-order valence-corrected chi connectivity index (χ4v) is 3.12. The number of rotatable bonds is 6. The second-order valence-corrected chi connectivity index (χ2v) is 6.81. The van der Waals surface area contributed by atoms with E-state index in [1.165, 1.54) is 6.92 Å². The molecule has 0 amide bonds. The molecular formula is C18H26N4O5. The molecule has 0 saturated heterocycles. The molecule has 1 aliphatic rings. The highest BCUT2D eigenvalue weighted by atomic mass is 16.4. The first-order valence-corrected chi connectivity index (χ1v) is 8.86. The van der Waals surface area contributed by atoms with Crippen LogP contribution in [-0.2, 0) is 27.5 Å². The van der Waals surface area contributed by atoms with Crippen LogP contribution in [0.5, 0.6) is 0 Å². The highest BCUT2D eigenvalue weighted by molar-refractivity contribution is 5.77. The molecule has 9 heteroatoms. The molecule has 0 atom stereocenters. The molecule has 1 aliphatic heterocycles. The summed E-state index contributed by atoms with van der Waals surface area (Å²) in [4.78, 5) is 44.0. The van der Waals surface area contributed by atoms with Crippen molar-refractivity contribution >= 4 is 17.7 Å². The second-order valence-electron chi connectivity index (χ2n) is 6.81. The van der Waals surface area contributed by atoms with Gasteiger partial charge in [0.1, 0.15) is 5.78 Å². The smallest absolute Gasteiger partial charge is 0.317 e. The first kappa shape index (κ1) is 20.9. The third-order valence-corrected chi connectivity index (χ3v) is 4.26. The molecule has 2 heterocycles. The predicted molar refractivity (Wildman–Crippen MR) is 97.2 cm³/mol. The number of carbonyl (C=O) groups excluding carboxylic acids is 1. The fourth-order valence-electron chi connectivity index (χ4n) is 3.12. The van der Waals surface area contributed by atoms with E-state index in [4.69, 9.17) is 10.2 Å². The lowest BCUT2D eigenvalue weighted by molar-refractivity contribution is -0.139. The number of pyridine rings is 1. The number of fused-ring (bicyclic) bond motifs is 2. The largest absolute Gasteiger partial charge is 0.480 e. The van der Waals surface area contributed by atoms with E-state index < -0.39 is 11.9 Å². The van der Waals surface area contributed by atoms with Gasteiger partial charge in [-0.25, -0.2) is 0 Å². The zero-order chi connectivity index (χ0) is 19.8. The summed E-state index contributed by atoms with van der Waals surface area (Å²) in [5, 5.41) is 18.3. The molecular weight excluding hydrogens is 352 g/mol. The van der Waals surface area contributed by atoms with Gasteiger partial charge >= 0.3 is 11.9 Å². The SMILES string of the molecule is CC(=O)CN1CCN(CC(=O)O)Cc2cccc(n2)CN(CC(=O)O)CC1. The van der Waals surface area contributed by atoms with Crippen LogP contribution < -0.4 is 0 Å². The van der Waals surface area contributed by atoms with Gasteiger partial charge in [0.2, 0.25) is 0 Å². The number of carbonyl (C=O) groups is 3. The van der Waals surface area contributed by atoms with Crippen LogP contribution in [0.3, 0.4) is 0 Å². The summed E-state index contributed by atoms with van der Waals surface area (Å²) in [5.74, 6) is -1.81. The van der Waals surface area contributed by atoms with Crippen molar-refractivity contribution in [2.24, 2.45) is 0 Å². The number of nitrogens with zero attached hydrogens (tertiary/aromatic N) is 4. The molecule has 0 fully saturated rings. The van der Waals surface area contributed by atoms with Crippen LogP contribution in [0.2, 0.25) is 0 Å². The Bertz CT molecular complexity index is 636. The molecule has 2 rings (SSSR count). The minimum atomic E-state index is -0.913. The van der Waals surface area contributed by atoms with Gasteiger partial charge in [0.25, 0.3) is 0 Å². The van der Waals surface area contributed by atoms with E-state index in [9.17, 15) is 14.4 Å². The second kappa shape index (κ2) is 10.1. The van der Waals surface area contributed by atoms with Crippen molar-refractivity contribution < 1.29 is 24.6 Å². The molecule has 0 aliphatic carbocycles. The summed E-state index contributed by atoms with van der Waals surface area (Å²) < 4.78 is 0. The first-order valence-electron chi connectivity index (χ1n) is 8.86. The maximum Gasteiger partial charge on any atom is 0.317 e. The average molecular weight is 378 g/mol. The number of carboxylic acid groups (broad SMARTS) is 2. The molecule has 27 heavy (non-hydrogen) atoms. The summed E-state index contributed by atoms with van der Waals surface area (Å²) >= 11 is 0. The van der Waals surface area contributed by atoms with Crippen LogP contribution in [-0.4, -0.2) is 93.4 Å². The van der Waals surface area contributed by atoms with E-state index in [2.05, 4.69) is 4.98 Å². The summed E-state index contributed by atoms with van der Waals surface area (Å²) in [5.41, 5.74) is 1.48. The molecule has 0 radical (unpaired) electrons. The Labute approximate surface area is 158 Å². The molecule has 0 saturated carbocycles. The van der Waals surface area contributed by atoms with Crippen LogP contribution in [0.25, 0.3) is 0 Å². The van der Waals surface area contributed by atoms with Crippen molar-refractivity contribution in [2.75, 3.05) is 45.8 Å². The Morgan fingerprint density at radius 1 is 0.852 bits per heavy atom. The Balaban J connectivity index is 2.24. The standard InChI is InChI=1S/C18H26N4O5/c1-14(23)9-20-5-7-21(12-17(24)25)10-15-3-2-4-16(19-15)11-22(8-6-20)13-18(26)27/h2-4H,5-13H2,1H3,(H,24,25)(H,26,27). The van der Waals surface area contributed by atoms with Gasteiger partial charge in [0.15, 0.2) is 0 Å². The van der Waals surface area contributed by atoms with Gasteiger partial charge in [-0.15, -0.1) is 0 Å². The number of aliphatic carboxylic acids is 2. The van der Waals surface area contributed by atoms with E-state index in [-0.39, 0.29) is 25.4 Å². The zero-order valence-corrected chi connectivity index (χ0v) is 15.5. The van der Waals surface area contributed by atoms with Gasteiger partial charge < -0.3 is 10.2 Å². The van der Waals surface area contributed by atoms with Gasteiger partial charge in [0.05, 0.1) is 31.0 Å². The molecule has 2 N–H and O–H groups in total. The lowest BCUT2D eigenvalue weighted by Crippen LogP contribution is -2.43. The molecule has 148 valence electrons. The van der Waals surface area contributed by atoms with Crippen LogP contribution in [0.1, 0.15) is 18.3 Å². The predicted octanol–water partition coefficient (Wildman–Crippen LogP) is -0.241. The molecule has 2 bridgehead atoms. The Hall–Kier alpha value is -2.36. The van der Waals surface area contributed by atoms with Gasteiger partial charge in [-0.3, -0.25) is 34.1 Å².